The normalized spacial score (nSPS) is 10.8. The molecule has 3 heteroatoms. The number of hydrogen-bond donors (Lipinski definition) is 1. The zero-order valence-electron chi connectivity index (χ0n) is 11.9. The Bertz CT molecular complexity index is 485. The van der Waals surface area contributed by atoms with Gasteiger partial charge in [0.05, 0.1) is 12.2 Å². The van der Waals surface area contributed by atoms with E-state index in [9.17, 15) is 0 Å². The monoisotopic (exact) mass is 257 g/mol. The van der Waals surface area contributed by atoms with Gasteiger partial charge in [-0.05, 0) is 36.6 Å². The Labute approximate surface area is 115 Å². The maximum Gasteiger partial charge on any atom is 0.0762 e. The smallest absolute Gasteiger partial charge is 0.0762 e. The predicted octanol–water partition coefficient (Wildman–Crippen LogP) is 2.99. The van der Waals surface area contributed by atoms with E-state index in [1.807, 2.05) is 4.68 Å². The summed E-state index contributed by atoms with van der Waals surface area (Å²) in [4.78, 5) is 0. The number of aromatic nitrogens is 2. The van der Waals surface area contributed by atoms with Gasteiger partial charge in [-0.15, -0.1) is 0 Å². The van der Waals surface area contributed by atoms with Crippen LogP contribution in [0.2, 0.25) is 0 Å². The minimum absolute atomic E-state index is 0.845. The Morgan fingerprint density at radius 2 is 1.79 bits per heavy atom. The van der Waals surface area contributed by atoms with Crippen LogP contribution in [-0.2, 0) is 19.5 Å². The third-order valence-corrected chi connectivity index (χ3v) is 3.20. The molecular formula is C16H23N3. The van der Waals surface area contributed by atoms with Crippen LogP contribution < -0.4 is 5.32 Å². The first-order valence-electron chi connectivity index (χ1n) is 7.12. The van der Waals surface area contributed by atoms with Crippen LogP contribution in [0.1, 0.15) is 37.1 Å². The SMILES string of the molecule is CCCNCc1ccn(Cc2ccc(CC)cc2)n1. The van der Waals surface area contributed by atoms with Crippen molar-refractivity contribution in [2.75, 3.05) is 6.54 Å². The van der Waals surface area contributed by atoms with Gasteiger partial charge in [0.25, 0.3) is 0 Å². The summed E-state index contributed by atoms with van der Waals surface area (Å²) >= 11 is 0. The first kappa shape index (κ1) is 13.8. The summed E-state index contributed by atoms with van der Waals surface area (Å²) in [5, 5.41) is 7.94. The zero-order valence-corrected chi connectivity index (χ0v) is 11.9. The van der Waals surface area contributed by atoms with Gasteiger partial charge in [-0.1, -0.05) is 38.1 Å². The molecule has 0 aliphatic carbocycles. The second-order valence-electron chi connectivity index (χ2n) is 4.85. The minimum Gasteiger partial charge on any atom is -0.311 e. The molecule has 0 aliphatic heterocycles. The summed E-state index contributed by atoms with van der Waals surface area (Å²) in [7, 11) is 0. The Morgan fingerprint density at radius 1 is 1.05 bits per heavy atom. The van der Waals surface area contributed by atoms with E-state index in [0.29, 0.717) is 0 Å². The van der Waals surface area contributed by atoms with E-state index >= 15 is 0 Å². The van der Waals surface area contributed by atoms with E-state index in [0.717, 1.165) is 38.2 Å². The standard InChI is InChI=1S/C16H23N3/c1-3-10-17-12-16-9-11-19(18-16)13-15-7-5-14(4-2)6-8-15/h5-9,11,17H,3-4,10,12-13H2,1-2H3. The zero-order chi connectivity index (χ0) is 13.5. The highest BCUT2D eigenvalue weighted by molar-refractivity contribution is 5.22. The molecule has 19 heavy (non-hydrogen) atoms. The molecule has 3 nitrogen and oxygen atoms in total. The Morgan fingerprint density at radius 3 is 2.47 bits per heavy atom. The molecule has 0 saturated heterocycles. The summed E-state index contributed by atoms with van der Waals surface area (Å²) in [5.41, 5.74) is 3.79. The summed E-state index contributed by atoms with van der Waals surface area (Å²) < 4.78 is 2.00. The van der Waals surface area contributed by atoms with Crippen LogP contribution >= 0.6 is 0 Å². The molecule has 2 rings (SSSR count). The van der Waals surface area contributed by atoms with E-state index in [1.54, 1.807) is 0 Å². The van der Waals surface area contributed by atoms with Crippen molar-refractivity contribution in [3.63, 3.8) is 0 Å². The average molecular weight is 257 g/mol. The van der Waals surface area contributed by atoms with Gasteiger partial charge < -0.3 is 5.32 Å². The molecule has 0 radical (unpaired) electrons. The van der Waals surface area contributed by atoms with Crippen LogP contribution in [0.5, 0.6) is 0 Å². The number of hydrogen-bond acceptors (Lipinski definition) is 2. The van der Waals surface area contributed by atoms with Gasteiger partial charge in [0.2, 0.25) is 0 Å². The van der Waals surface area contributed by atoms with Crippen LogP contribution in [0, 0.1) is 0 Å². The molecule has 2 aromatic rings. The Balaban J connectivity index is 1.91. The van der Waals surface area contributed by atoms with Crippen molar-refractivity contribution >= 4 is 0 Å². The Hall–Kier alpha value is -1.61. The number of aryl methyl sites for hydroxylation is 1. The topological polar surface area (TPSA) is 29.9 Å². The third kappa shape index (κ3) is 4.21. The molecule has 0 unspecified atom stereocenters. The number of benzene rings is 1. The summed E-state index contributed by atoms with van der Waals surface area (Å²) in [6, 6.07) is 10.9. The van der Waals surface area contributed by atoms with E-state index in [2.05, 4.69) is 60.8 Å². The number of rotatable bonds is 7. The van der Waals surface area contributed by atoms with Crippen molar-refractivity contribution in [3.05, 3.63) is 53.3 Å². The van der Waals surface area contributed by atoms with Crippen LogP contribution in [0.4, 0.5) is 0 Å². The molecule has 0 fully saturated rings. The molecule has 0 saturated carbocycles. The fourth-order valence-corrected chi connectivity index (χ4v) is 2.05. The van der Waals surface area contributed by atoms with Crippen molar-refractivity contribution in [2.24, 2.45) is 0 Å². The van der Waals surface area contributed by atoms with Gasteiger partial charge in [-0.3, -0.25) is 4.68 Å². The van der Waals surface area contributed by atoms with Crippen molar-refractivity contribution in [3.8, 4) is 0 Å². The fourth-order valence-electron chi connectivity index (χ4n) is 2.05. The van der Waals surface area contributed by atoms with Crippen molar-refractivity contribution < 1.29 is 0 Å². The van der Waals surface area contributed by atoms with Crippen LogP contribution in [0.15, 0.2) is 36.5 Å². The lowest BCUT2D eigenvalue weighted by molar-refractivity contribution is 0.628. The maximum atomic E-state index is 4.57. The molecule has 1 heterocycles. The van der Waals surface area contributed by atoms with E-state index in [-0.39, 0.29) is 0 Å². The summed E-state index contributed by atoms with van der Waals surface area (Å²) in [5.74, 6) is 0. The van der Waals surface area contributed by atoms with Crippen molar-refractivity contribution in [1.29, 1.82) is 0 Å². The predicted molar refractivity (Wildman–Crippen MR) is 79.1 cm³/mol. The quantitative estimate of drug-likeness (QED) is 0.773. The highest BCUT2D eigenvalue weighted by Crippen LogP contribution is 2.07. The molecule has 0 aliphatic rings. The molecule has 1 aromatic carbocycles. The van der Waals surface area contributed by atoms with Gasteiger partial charge in [0.1, 0.15) is 0 Å². The van der Waals surface area contributed by atoms with Gasteiger partial charge in [0, 0.05) is 12.7 Å². The third-order valence-electron chi connectivity index (χ3n) is 3.20. The number of nitrogens with one attached hydrogen (secondary N) is 1. The molecule has 0 atom stereocenters. The van der Waals surface area contributed by atoms with E-state index in [4.69, 9.17) is 0 Å². The van der Waals surface area contributed by atoms with Crippen molar-refractivity contribution in [2.45, 2.75) is 39.8 Å². The molecule has 1 aromatic heterocycles. The number of nitrogens with zero attached hydrogens (tertiary/aromatic N) is 2. The molecule has 0 bridgehead atoms. The minimum atomic E-state index is 0.845. The second kappa shape index (κ2) is 7.10. The summed E-state index contributed by atoms with van der Waals surface area (Å²) in [6.07, 6.45) is 4.30. The van der Waals surface area contributed by atoms with Gasteiger partial charge in [-0.2, -0.15) is 5.10 Å². The molecule has 1 N–H and O–H groups in total. The Kier molecular flexibility index (Phi) is 5.16. The highest BCUT2D eigenvalue weighted by atomic mass is 15.3. The van der Waals surface area contributed by atoms with Gasteiger partial charge in [0.15, 0.2) is 0 Å². The van der Waals surface area contributed by atoms with E-state index in [1.165, 1.54) is 11.1 Å². The second-order valence-corrected chi connectivity index (χ2v) is 4.85. The molecule has 102 valence electrons. The maximum absolute atomic E-state index is 4.57. The summed E-state index contributed by atoms with van der Waals surface area (Å²) in [6.45, 7) is 7.10. The van der Waals surface area contributed by atoms with Crippen molar-refractivity contribution in [1.82, 2.24) is 15.1 Å². The largest absolute Gasteiger partial charge is 0.311 e. The lowest BCUT2D eigenvalue weighted by atomic mass is 10.1. The average Bonchev–Trinajstić information content (AvgIpc) is 2.88. The molecular weight excluding hydrogens is 234 g/mol. The lowest BCUT2D eigenvalue weighted by Gasteiger charge is -2.04. The van der Waals surface area contributed by atoms with Gasteiger partial charge >= 0.3 is 0 Å². The fraction of sp³-hybridized carbons (Fsp3) is 0.438. The van der Waals surface area contributed by atoms with Gasteiger partial charge in [-0.25, -0.2) is 0 Å². The highest BCUT2D eigenvalue weighted by Gasteiger charge is 2.00. The first-order valence-corrected chi connectivity index (χ1v) is 7.12. The van der Waals surface area contributed by atoms with E-state index < -0.39 is 0 Å². The van der Waals surface area contributed by atoms with Crippen LogP contribution in [-0.4, -0.2) is 16.3 Å². The van der Waals surface area contributed by atoms with Crippen LogP contribution in [0.25, 0.3) is 0 Å². The first-order chi connectivity index (χ1) is 9.31. The molecule has 0 amide bonds. The van der Waals surface area contributed by atoms with Crippen LogP contribution in [0.3, 0.4) is 0 Å². The lowest BCUT2D eigenvalue weighted by Crippen LogP contribution is -2.14. The molecule has 0 spiro atoms.